The van der Waals surface area contributed by atoms with Crippen LogP contribution in [0.25, 0.3) is 5.57 Å². The molecule has 1 aliphatic heterocycles. The number of fused-ring (bicyclic) bond motifs is 1. The molecule has 2 heterocycles. The van der Waals surface area contributed by atoms with Gasteiger partial charge in [-0.3, -0.25) is 4.79 Å². The summed E-state index contributed by atoms with van der Waals surface area (Å²) in [6, 6.07) is 0. The molecule has 0 amide bonds. The minimum atomic E-state index is -0.222. The van der Waals surface area contributed by atoms with Crippen molar-refractivity contribution in [3.05, 3.63) is 27.4 Å². The Balaban J connectivity index is 2.70. The third-order valence-corrected chi connectivity index (χ3v) is 2.39. The first-order chi connectivity index (χ1) is 6.09. The van der Waals surface area contributed by atoms with Crippen LogP contribution in [0, 0.1) is 6.92 Å². The van der Waals surface area contributed by atoms with Gasteiger partial charge in [0.25, 0.3) is 5.56 Å². The Morgan fingerprint density at radius 1 is 1.31 bits per heavy atom. The van der Waals surface area contributed by atoms with Crippen molar-refractivity contribution in [1.82, 2.24) is 14.8 Å². The molecule has 68 valence electrons. The van der Waals surface area contributed by atoms with E-state index in [-0.39, 0.29) is 5.56 Å². The van der Waals surface area contributed by atoms with Gasteiger partial charge in [-0.05, 0) is 31.9 Å². The number of nitrogens with zero attached hydrogens (tertiary/aromatic N) is 3. The number of aromatic nitrogens is 3. The van der Waals surface area contributed by atoms with Crippen LogP contribution in [0.15, 0.2) is 10.4 Å². The number of allylic oxidation sites excluding steroid dienone is 2. The van der Waals surface area contributed by atoms with Gasteiger partial charge in [-0.25, -0.2) is 4.68 Å². The Kier molecular flexibility index (Phi) is 1.58. The van der Waals surface area contributed by atoms with Crippen LogP contribution < -0.4 is 5.56 Å². The second kappa shape index (κ2) is 2.52. The van der Waals surface area contributed by atoms with E-state index in [4.69, 9.17) is 0 Å². The molecule has 13 heavy (non-hydrogen) atoms. The van der Waals surface area contributed by atoms with Crippen molar-refractivity contribution in [3.8, 4) is 0 Å². The molecule has 0 atom stereocenters. The Hall–Kier alpha value is -1.45. The summed E-state index contributed by atoms with van der Waals surface area (Å²) in [5, 5.41) is 4.15. The summed E-state index contributed by atoms with van der Waals surface area (Å²) in [5.41, 5.74) is 2.54. The molecule has 1 aliphatic rings. The lowest BCUT2D eigenvalue weighted by Gasteiger charge is -2.02. The molecule has 1 aromatic rings. The zero-order valence-corrected chi connectivity index (χ0v) is 7.96. The summed E-state index contributed by atoms with van der Waals surface area (Å²) in [4.78, 5) is 15.2. The topological polar surface area (TPSA) is 47.8 Å². The standard InChI is InChI=1S/C9H11N3O/c1-5-4-12-8(6(5)2)10-9(13)7(3)11-12/h4H2,1-3H3. The van der Waals surface area contributed by atoms with Crippen LogP contribution in [0.1, 0.15) is 25.4 Å². The number of aryl methyl sites for hydroxylation is 1. The highest BCUT2D eigenvalue weighted by molar-refractivity contribution is 5.63. The van der Waals surface area contributed by atoms with Gasteiger partial charge >= 0.3 is 0 Å². The zero-order valence-electron chi connectivity index (χ0n) is 7.96. The maximum Gasteiger partial charge on any atom is 0.294 e. The molecular weight excluding hydrogens is 166 g/mol. The molecular formula is C9H11N3O. The molecule has 0 spiro atoms. The van der Waals surface area contributed by atoms with Gasteiger partial charge in [-0.15, -0.1) is 0 Å². The largest absolute Gasteiger partial charge is 0.294 e. The van der Waals surface area contributed by atoms with Crippen molar-refractivity contribution in [1.29, 1.82) is 0 Å². The average molecular weight is 177 g/mol. The van der Waals surface area contributed by atoms with Crippen LogP contribution >= 0.6 is 0 Å². The lowest BCUT2D eigenvalue weighted by molar-refractivity contribution is 0.632. The van der Waals surface area contributed by atoms with Gasteiger partial charge < -0.3 is 0 Å². The molecule has 4 nitrogen and oxygen atoms in total. The molecule has 0 saturated heterocycles. The highest BCUT2D eigenvalue weighted by Crippen LogP contribution is 2.22. The van der Waals surface area contributed by atoms with Gasteiger partial charge in [0, 0.05) is 0 Å². The SMILES string of the molecule is CC1=C(C)c2nc(=O)c(C)nn2C1. The van der Waals surface area contributed by atoms with Crippen molar-refractivity contribution in [2.75, 3.05) is 0 Å². The predicted molar refractivity (Wildman–Crippen MR) is 49.3 cm³/mol. The van der Waals surface area contributed by atoms with Crippen LogP contribution in [0.4, 0.5) is 0 Å². The molecule has 0 N–H and O–H groups in total. The summed E-state index contributed by atoms with van der Waals surface area (Å²) in [6.07, 6.45) is 0. The lowest BCUT2D eigenvalue weighted by atomic mass is 10.2. The molecule has 0 radical (unpaired) electrons. The zero-order chi connectivity index (χ0) is 9.59. The third kappa shape index (κ3) is 1.09. The Labute approximate surface area is 75.9 Å². The molecule has 0 saturated carbocycles. The summed E-state index contributed by atoms with van der Waals surface area (Å²) in [7, 11) is 0. The van der Waals surface area contributed by atoms with Crippen molar-refractivity contribution >= 4 is 5.57 Å². The Morgan fingerprint density at radius 3 is 2.69 bits per heavy atom. The highest BCUT2D eigenvalue weighted by atomic mass is 16.1. The van der Waals surface area contributed by atoms with Gasteiger partial charge in [0.2, 0.25) is 0 Å². The summed E-state index contributed by atoms with van der Waals surface area (Å²) in [5.74, 6) is 0.716. The van der Waals surface area contributed by atoms with Crippen LogP contribution in [-0.4, -0.2) is 14.8 Å². The van der Waals surface area contributed by atoms with Gasteiger partial charge in [0.1, 0.15) is 5.69 Å². The fraction of sp³-hybridized carbons (Fsp3) is 0.444. The normalized spacial score (nSPS) is 15.0. The van der Waals surface area contributed by atoms with E-state index in [0.717, 1.165) is 12.1 Å². The van der Waals surface area contributed by atoms with E-state index >= 15 is 0 Å². The fourth-order valence-electron chi connectivity index (χ4n) is 1.43. The van der Waals surface area contributed by atoms with Crippen LogP contribution in [0.3, 0.4) is 0 Å². The van der Waals surface area contributed by atoms with E-state index in [1.54, 1.807) is 11.6 Å². The van der Waals surface area contributed by atoms with Crippen LogP contribution in [0.5, 0.6) is 0 Å². The van der Waals surface area contributed by atoms with E-state index in [2.05, 4.69) is 10.1 Å². The van der Waals surface area contributed by atoms with Gasteiger partial charge in [-0.1, -0.05) is 0 Å². The maximum absolute atomic E-state index is 11.2. The molecule has 0 bridgehead atoms. The second-order valence-corrected chi connectivity index (χ2v) is 3.39. The van der Waals surface area contributed by atoms with E-state index in [0.29, 0.717) is 11.5 Å². The van der Waals surface area contributed by atoms with Crippen molar-refractivity contribution < 1.29 is 0 Å². The van der Waals surface area contributed by atoms with Crippen LogP contribution in [0.2, 0.25) is 0 Å². The van der Waals surface area contributed by atoms with Crippen molar-refractivity contribution in [3.63, 3.8) is 0 Å². The molecule has 0 unspecified atom stereocenters. The predicted octanol–water partition coefficient (Wildman–Crippen LogP) is 0.754. The Morgan fingerprint density at radius 2 is 2.00 bits per heavy atom. The Bertz CT molecular complexity index is 456. The van der Waals surface area contributed by atoms with Gasteiger partial charge in [0.05, 0.1) is 6.54 Å². The first-order valence-electron chi connectivity index (χ1n) is 4.22. The summed E-state index contributed by atoms with van der Waals surface area (Å²) >= 11 is 0. The summed E-state index contributed by atoms with van der Waals surface area (Å²) < 4.78 is 1.78. The number of hydrogen-bond donors (Lipinski definition) is 0. The van der Waals surface area contributed by atoms with E-state index < -0.39 is 0 Å². The molecule has 0 aromatic carbocycles. The van der Waals surface area contributed by atoms with E-state index in [9.17, 15) is 4.79 Å². The van der Waals surface area contributed by atoms with Gasteiger partial charge in [0.15, 0.2) is 5.82 Å². The maximum atomic E-state index is 11.2. The minimum Gasteiger partial charge on any atom is -0.265 e. The first kappa shape index (κ1) is 8.16. The average Bonchev–Trinajstić information content (AvgIpc) is 2.32. The monoisotopic (exact) mass is 177 g/mol. The van der Waals surface area contributed by atoms with Crippen LogP contribution in [-0.2, 0) is 6.54 Å². The molecule has 0 fully saturated rings. The van der Waals surface area contributed by atoms with Gasteiger partial charge in [-0.2, -0.15) is 10.1 Å². The number of hydrogen-bond acceptors (Lipinski definition) is 3. The van der Waals surface area contributed by atoms with Crippen molar-refractivity contribution in [2.24, 2.45) is 0 Å². The first-order valence-corrected chi connectivity index (χ1v) is 4.22. The minimum absolute atomic E-state index is 0.222. The molecule has 4 heteroatoms. The molecule has 2 rings (SSSR count). The smallest absolute Gasteiger partial charge is 0.265 e. The van der Waals surface area contributed by atoms with E-state index in [1.165, 1.54) is 5.57 Å². The number of rotatable bonds is 0. The quantitative estimate of drug-likeness (QED) is 0.587. The fourth-order valence-corrected chi connectivity index (χ4v) is 1.43. The van der Waals surface area contributed by atoms with Crippen molar-refractivity contribution in [2.45, 2.75) is 27.3 Å². The third-order valence-electron chi connectivity index (χ3n) is 2.39. The second-order valence-electron chi connectivity index (χ2n) is 3.39. The lowest BCUT2D eigenvalue weighted by Crippen LogP contribution is -2.20. The van der Waals surface area contributed by atoms with E-state index in [1.807, 2.05) is 13.8 Å². The molecule has 0 aliphatic carbocycles. The summed E-state index contributed by atoms with van der Waals surface area (Å²) in [6.45, 7) is 6.45. The highest BCUT2D eigenvalue weighted by Gasteiger charge is 2.17. The molecule has 1 aromatic heterocycles.